The van der Waals surface area contributed by atoms with Gasteiger partial charge in [0, 0.05) is 36.4 Å². The van der Waals surface area contributed by atoms with Crippen LogP contribution in [0.5, 0.6) is 0 Å². The predicted octanol–water partition coefficient (Wildman–Crippen LogP) is -0.278. The number of carbonyl (C=O) groups excluding carboxylic acids is 9. The fraction of sp³-hybridized carbons (Fsp3) is 0.591. The molecule has 8 atom stereocenters. The van der Waals surface area contributed by atoms with Crippen molar-refractivity contribution in [2.75, 3.05) is 13.1 Å². The number of carbonyl (C=O) groups is 12. The van der Waals surface area contributed by atoms with E-state index in [2.05, 4.69) is 37.3 Å². The molecule has 25 nitrogen and oxygen atoms in total. The molecule has 1 aromatic carbocycles. The van der Waals surface area contributed by atoms with Gasteiger partial charge in [-0.2, -0.15) is 0 Å². The van der Waals surface area contributed by atoms with Crippen LogP contribution < -0.4 is 37.3 Å². The van der Waals surface area contributed by atoms with Crippen LogP contribution in [0, 0.1) is 11.8 Å². The number of rotatable bonds is 26. The minimum Gasteiger partial charge on any atom is -0.481 e. The third-order valence-corrected chi connectivity index (χ3v) is 11.8. The van der Waals surface area contributed by atoms with Gasteiger partial charge >= 0.3 is 23.1 Å². The first-order valence-corrected chi connectivity index (χ1v) is 23.8. The van der Waals surface area contributed by atoms with E-state index in [1.165, 1.54) is 18.7 Å². The van der Waals surface area contributed by atoms with Crippen LogP contribution in [0.2, 0.25) is 5.02 Å². The molecular formula is C44H64ClN9O16S. The topological polar surface area (TPSA) is 376 Å². The second-order valence-electron chi connectivity index (χ2n) is 17.3. The van der Waals surface area contributed by atoms with Crippen molar-refractivity contribution >= 4 is 93.8 Å². The third-order valence-electron chi connectivity index (χ3n) is 10.7. The molecule has 0 bridgehead atoms. The molecule has 394 valence electrons. The van der Waals surface area contributed by atoms with Crippen molar-refractivity contribution in [1.82, 2.24) is 47.2 Å². The Morgan fingerprint density at radius 1 is 0.690 bits per heavy atom. The zero-order valence-corrected chi connectivity index (χ0v) is 41.9. The Morgan fingerprint density at radius 3 is 1.68 bits per heavy atom. The van der Waals surface area contributed by atoms with Crippen molar-refractivity contribution in [2.45, 2.75) is 147 Å². The van der Waals surface area contributed by atoms with E-state index in [0.717, 1.165) is 30.6 Å². The Balaban J connectivity index is 2.30. The lowest BCUT2D eigenvalue weighted by Crippen LogP contribution is -2.62. The van der Waals surface area contributed by atoms with Crippen molar-refractivity contribution in [3.8, 4) is 0 Å². The molecule has 27 heteroatoms. The zero-order valence-electron chi connectivity index (χ0n) is 40.3. The first-order valence-electron chi connectivity index (χ1n) is 22.6. The smallest absolute Gasteiger partial charge is 0.305 e. The van der Waals surface area contributed by atoms with Gasteiger partial charge < -0.3 is 57.2 Å². The number of hydrogen-bond acceptors (Lipinski definition) is 14. The maximum absolute atomic E-state index is 14.2. The van der Waals surface area contributed by atoms with E-state index in [-0.39, 0.29) is 19.5 Å². The van der Waals surface area contributed by atoms with Gasteiger partial charge in [0.2, 0.25) is 41.4 Å². The Morgan fingerprint density at radius 2 is 1.18 bits per heavy atom. The summed E-state index contributed by atoms with van der Waals surface area (Å²) in [6.45, 7) is 10.4. The minimum absolute atomic E-state index is 0.131. The molecule has 0 radical (unpaired) electrons. The maximum Gasteiger partial charge on any atom is 0.305 e. The largest absolute Gasteiger partial charge is 0.481 e. The average Bonchev–Trinajstić information content (AvgIpc) is 3.77. The van der Waals surface area contributed by atoms with Crippen LogP contribution >= 0.6 is 23.4 Å². The monoisotopic (exact) mass is 1040 g/mol. The molecule has 1 saturated heterocycles. The molecule has 2 rings (SSSR count). The number of benzene rings is 1. The van der Waals surface area contributed by atoms with Crippen LogP contribution in [0.15, 0.2) is 29.2 Å². The molecule has 71 heavy (non-hydrogen) atoms. The highest BCUT2D eigenvalue weighted by atomic mass is 35.5. The van der Waals surface area contributed by atoms with Crippen LogP contribution in [0.4, 0.5) is 4.79 Å². The van der Waals surface area contributed by atoms with Gasteiger partial charge in [0.15, 0.2) is 0 Å². The molecule has 1 aliphatic heterocycles. The lowest BCUT2D eigenvalue weighted by atomic mass is 9.98. The Kier molecular flexibility index (Phi) is 24.7. The average molecular weight is 1040 g/mol. The van der Waals surface area contributed by atoms with Crippen LogP contribution in [-0.4, -0.2) is 162 Å². The van der Waals surface area contributed by atoms with E-state index in [4.69, 9.17) is 11.6 Å². The molecule has 0 aromatic heterocycles. The first-order chi connectivity index (χ1) is 33.2. The summed E-state index contributed by atoms with van der Waals surface area (Å²) >= 11 is 6.83. The molecule has 0 saturated carbocycles. The number of nitrogens with zero attached hydrogens (tertiary/aromatic N) is 2. The van der Waals surface area contributed by atoms with E-state index in [1.807, 2.05) is 6.92 Å². The quantitative estimate of drug-likeness (QED) is 0.0420. The van der Waals surface area contributed by atoms with Crippen LogP contribution in [-0.2, 0) is 52.7 Å². The number of carboxylic acid groups (broad SMARTS) is 3. The summed E-state index contributed by atoms with van der Waals surface area (Å²) in [6, 6.07) is -4.73. The Hall–Kier alpha value is -6.54. The van der Waals surface area contributed by atoms with E-state index >= 15 is 0 Å². The summed E-state index contributed by atoms with van der Waals surface area (Å²) in [5.74, 6) is -13.9. The minimum atomic E-state index is -1.98. The SMILES string of the molecule is CCCN(NC(=O)[C@H]1CCCN1C(=O)[C@@H](NC(=O)[C@@H](NC(=O)[C@H](CC(=O)O)NC(=O)[C@H](CCC(=O)O)NC(=O)[C@@H](NC(=O)[C@H](CC(=O)O)NC(C)=O)[C@@H](C)O)C(C)C)C(C)C)C(=O)Sc1ccc(Cl)cc1. The van der Waals surface area contributed by atoms with E-state index in [1.54, 1.807) is 38.1 Å². The standard InChI is InChI=1S/C44H64ClN9O16S/c1-8-17-54(44(70)71-26-13-11-25(45)12-14-26)52-40(66)30-10-9-18-53(30)43(69)35(22(4)5)50-41(67)34(21(2)3)49-39(65)29(20-33(61)62)48-37(63)27(15-16-31(57)58)47-42(68)36(23(6)55)51-38(64)28(19-32(59)60)46-24(7)56/h11-14,21-23,27-30,34-36,55H,8-10,15-20H2,1-7H3,(H,46,56)(H,47,68)(H,48,63)(H,49,65)(H,50,67)(H,51,64)(H,52,66)(H,57,58)(H,59,60)(H,61,62)/t23-,27+,28+,29+,30-,34+,35+,36+/m1/s1. The predicted molar refractivity (Wildman–Crippen MR) is 253 cm³/mol. The summed E-state index contributed by atoms with van der Waals surface area (Å²) < 4.78 is 0. The van der Waals surface area contributed by atoms with Gasteiger partial charge in [0.1, 0.15) is 42.3 Å². The molecular weight excluding hydrogens is 978 g/mol. The van der Waals surface area contributed by atoms with Crippen LogP contribution in [0.25, 0.3) is 0 Å². The zero-order chi connectivity index (χ0) is 53.9. The van der Waals surface area contributed by atoms with Gasteiger partial charge in [0.25, 0.3) is 5.91 Å². The Bertz CT molecular complexity index is 2110. The number of hydrogen-bond donors (Lipinski definition) is 11. The van der Waals surface area contributed by atoms with E-state index in [0.29, 0.717) is 22.8 Å². The van der Waals surface area contributed by atoms with Gasteiger partial charge in [-0.05, 0) is 80.5 Å². The van der Waals surface area contributed by atoms with Crippen molar-refractivity contribution in [3.05, 3.63) is 29.3 Å². The summed E-state index contributed by atoms with van der Waals surface area (Å²) in [5, 5.41) is 53.3. The maximum atomic E-state index is 14.2. The highest BCUT2D eigenvalue weighted by Crippen LogP contribution is 2.25. The number of likely N-dealkylation sites (tertiary alicyclic amines) is 1. The fourth-order valence-electron chi connectivity index (χ4n) is 7.05. The molecule has 11 N–H and O–H groups in total. The first kappa shape index (κ1) is 60.6. The number of nitrogens with one attached hydrogen (secondary N) is 7. The molecule has 0 aliphatic carbocycles. The second kappa shape index (κ2) is 29.0. The van der Waals surface area contributed by atoms with Crippen molar-refractivity contribution in [1.29, 1.82) is 0 Å². The number of halogens is 1. The van der Waals surface area contributed by atoms with E-state index in [9.17, 15) is 78.0 Å². The number of amides is 9. The number of carboxylic acids is 3. The van der Waals surface area contributed by atoms with Crippen molar-refractivity contribution in [2.24, 2.45) is 11.8 Å². The third kappa shape index (κ3) is 20.0. The van der Waals surface area contributed by atoms with Crippen LogP contribution in [0.1, 0.15) is 93.4 Å². The number of thioether (sulfide) groups is 1. The summed E-state index contributed by atoms with van der Waals surface area (Å²) in [6.07, 6.45) is -4.08. The normalized spacial score (nSPS) is 16.2. The lowest BCUT2D eigenvalue weighted by Gasteiger charge is -2.33. The summed E-state index contributed by atoms with van der Waals surface area (Å²) in [7, 11) is 0. The Labute approximate surface area is 418 Å². The molecule has 1 aliphatic rings. The molecule has 0 unspecified atom stereocenters. The molecule has 9 amide bonds. The fourth-order valence-corrected chi connectivity index (χ4v) is 7.90. The number of hydrazine groups is 1. The van der Waals surface area contributed by atoms with Gasteiger partial charge in [0.05, 0.1) is 18.9 Å². The lowest BCUT2D eigenvalue weighted by molar-refractivity contribution is -0.144. The number of aliphatic hydroxyl groups is 1. The van der Waals surface area contributed by atoms with Crippen molar-refractivity contribution in [3.63, 3.8) is 0 Å². The highest BCUT2D eigenvalue weighted by Gasteiger charge is 2.41. The van der Waals surface area contributed by atoms with Gasteiger partial charge in [-0.25, -0.2) is 5.01 Å². The molecule has 1 heterocycles. The summed E-state index contributed by atoms with van der Waals surface area (Å²) in [5.41, 5.74) is 2.63. The molecule has 1 fully saturated rings. The number of aliphatic hydroxyl groups excluding tert-OH is 1. The van der Waals surface area contributed by atoms with Gasteiger partial charge in [-0.15, -0.1) is 0 Å². The molecule has 0 spiro atoms. The van der Waals surface area contributed by atoms with Gasteiger partial charge in [-0.1, -0.05) is 46.2 Å². The summed E-state index contributed by atoms with van der Waals surface area (Å²) in [4.78, 5) is 157. The van der Waals surface area contributed by atoms with Gasteiger partial charge in [-0.3, -0.25) is 63.0 Å². The van der Waals surface area contributed by atoms with E-state index < -0.39 is 156 Å². The number of aliphatic carboxylic acids is 3. The highest BCUT2D eigenvalue weighted by molar-refractivity contribution is 8.13. The molecule has 1 aromatic rings. The van der Waals surface area contributed by atoms with Crippen LogP contribution in [0.3, 0.4) is 0 Å². The van der Waals surface area contributed by atoms with Crippen molar-refractivity contribution < 1.29 is 78.0 Å². The second-order valence-corrected chi connectivity index (χ2v) is 18.8.